The third kappa shape index (κ3) is 2.79. The van der Waals surface area contributed by atoms with Crippen LogP contribution in [0.4, 0.5) is 0 Å². The summed E-state index contributed by atoms with van der Waals surface area (Å²) in [7, 11) is -1.89. The lowest BCUT2D eigenvalue weighted by atomic mass is 10.2. The van der Waals surface area contributed by atoms with Gasteiger partial charge in [-0.05, 0) is 32.0 Å². The number of hydrogen-bond acceptors (Lipinski definition) is 4. The number of rotatable bonds is 2. The van der Waals surface area contributed by atoms with Crippen LogP contribution in [-0.2, 0) is 18.7 Å². The maximum absolute atomic E-state index is 12.0. The van der Waals surface area contributed by atoms with Gasteiger partial charge in [-0.1, -0.05) is 20.8 Å². The van der Waals surface area contributed by atoms with Gasteiger partial charge in [-0.25, -0.2) is 0 Å². The van der Waals surface area contributed by atoms with Crippen LogP contribution >= 0.6 is 0 Å². The smallest absolute Gasteiger partial charge is 0.192 e. The highest BCUT2D eigenvalue weighted by Gasteiger charge is 2.56. The van der Waals surface area contributed by atoms with Crippen LogP contribution < -0.4 is 0 Å². The molecule has 0 N–H and O–H groups in total. The van der Waals surface area contributed by atoms with Crippen molar-refractivity contribution in [3.63, 3.8) is 0 Å². The number of Topliss-reactive ketones (excluding diaryl/α,β-unsaturated/α-hetero) is 1. The van der Waals surface area contributed by atoms with E-state index < -0.39 is 20.2 Å². The molecule has 0 bridgehead atoms. The molecule has 2 fully saturated rings. The quantitative estimate of drug-likeness (QED) is 0.732. The molecule has 4 nitrogen and oxygen atoms in total. The highest BCUT2D eigenvalue weighted by atomic mass is 28.4. The molecule has 0 spiro atoms. The zero-order valence-electron chi connectivity index (χ0n) is 13.1. The van der Waals surface area contributed by atoms with E-state index in [1.807, 2.05) is 13.8 Å². The molecule has 3 atom stereocenters. The lowest BCUT2D eigenvalue weighted by Gasteiger charge is -2.39. The maximum atomic E-state index is 12.0. The summed E-state index contributed by atoms with van der Waals surface area (Å²) in [5.74, 6) is -0.570. The molecule has 1 aliphatic carbocycles. The summed E-state index contributed by atoms with van der Waals surface area (Å²) < 4.78 is 17.9. The van der Waals surface area contributed by atoms with Crippen molar-refractivity contribution in [3.8, 4) is 0 Å². The van der Waals surface area contributed by atoms with E-state index in [0.717, 1.165) is 0 Å². The average molecular weight is 286 g/mol. The number of carbonyl (C=O) groups is 1. The number of fused-ring (bicyclic) bond motifs is 1. The molecule has 19 heavy (non-hydrogen) atoms. The largest absolute Gasteiger partial charge is 0.411 e. The Morgan fingerprint density at radius 3 is 2.37 bits per heavy atom. The topological polar surface area (TPSA) is 44.8 Å². The minimum Gasteiger partial charge on any atom is -0.411 e. The van der Waals surface area contributed by atoms with Crippen LogP contribution in [0.1, 0.15) is 41.0 Å². The second kappa shape index (κ2) is 4.38. The van der Waals surface area contributed by atoms with Crippen molar-refractivity contribution in [2.75, 3.05) is 0 Å². The van der Waals surface area contributed by atoms with Crippen molar-refractivity contribution in [3.05, 3.63) is 0 Å². The average Bonchev–Trinajstić information content (AvgIpc) is 2.62. The Morgan fingerprint density at radius 1 is 1.26 bits per heavy atom. The summed E-state index contributed by atoms with van der Waals surface area (Å²) in [6.07, 6.45) is -0.417. The molecule has 0 aromatic heterocycles. The molecule has 2 aliphatic rings. The number of ether oxygens (including phenoxy) is 2. The Hall–Kier alpha value is -0.233. The second-order valence-corrected chi connectivity index (χ2v) is 12.4. The van der Waals surface area contributed by atoms with E-state index in [2.05, 4.69) is 33.9 Å². The van der Waals surface area contributed by atoms with E-state index in [-0.39, 0.29) is 23.0 Å². The fourth-order valence-electron chi connectivity index (χ4n) is 2.40. The van der Waals surface area contributed by atoms with Crippen molar-refractivity contribution >= 4 is 14.1 Å². The van der Waals surface area contributed by atoms with Gasteiger partial charge < -0.3 is 13.9 Å². The molecule has 2 rings (SSSR count). The monoisotopic (exact) mass is 286 g/mol. The molecular formula is C14H26O4Si. The Labute approximate surface area is 116 Å². The number of ketones is 1. The SMILES string of the molecule is CC1(C)O[C@@H]2[C@@H](O[Si](C)(C)C(C)(C)C)CC(=O)[C@@H]2O1. The van der Waals surface area contributed by atoms with Crippen molar-refractivity contribution in [2.24, 2.45) is 0 Å². The zero-order chi connectivity index (χ0) is 14.6. The minimum atomic E-state index is -1.89. The lowest BCUT2D eigenvalue weighted by Crippen LogP contribution is -2.46. The summed E-state index contributed by atoms with van der Waals surface area (Å²) in [6, 6.07) is 0. The van der Waals surface area contributed by atoms with Gasteiger partial charge in [-0.15, -0.1) is 0 Å². The van der Waals surface area contributed by atoms with Crippen LogP contribution in [0.25, 0.3) is 0 Å². The van der Waals surface area contributed by atoms with Crippen LogP contribution in [0.15, 0.2) is 0 Å². The summed E-state index contributed by atoms with van der Waals surface area (Å²) in [4.78, 5) is 12.0. The highest BCUT2D eigenvalue weighted by Crippen LogP contribution is 2.43. The fourth-order valence-corrected chi connectivity index (χ4v) is 3.73. The molecule has 1 saturated heterocycles. The molecule has 0 amide bonds. The van der Waals surface area contributed by atoms with Crippen LogP contribution in [0.5, 0.6) is 0 Å². The molecule has 5 heteroatoms. The van der Waals surface area contributed by atoms with Gasteiger partial charge in [0, 0.05) is 6.42 Å². The number of hydrogen-bond donors (Lipinski definition) is 0. The molecule has 0 radical (unpaired) electrons. The molecule has 0 unspecified atom stereocenters. The lowest BCUT2D eigenvalue weighted by molar-refractivity contribution is -0.166. The summed E-state index contributed by atoms with van der Waals surface area (Å²) >= 11 is 0. The van der Waals surface area contributed by atoms with Gasteiger partial charge in [0.2, 0.25) is 0 Å². The minimum absolute atomic E-state index is 0.110. The first-order valence-corrected chi connectivity index (χ1v) is 9.90. The second-order valence-electron chi connectivity index (χ2n) is 7.61. The van der Waals surface area contributed by atoms with Crippen molar-refractivity contribution < 1.29 is 18.7 Å². The van der Waals surface area contributed by atoms with Crippen LogP contribution in [0.3, 0.4) is 0 Å². The van der Waals surface area contributed by atoms with E-state index in [0.29, 0.717) is 6.42 Å². The molecular weight excluding hydrogens is 260 g/mol. The molecule has 1 aliphatic heterocycles. The van der Waals surface area contributed by atoms with E-state index in [4.69, 9.17) is 13.9 Å². The van der Waals surface area contributed by atoms with Crippen molar-refractivity contribution in [1.29, 1.82) is 0 Å². The van der Waals surface area contributed by atoms with Gasteiger partial charge in [-0.2, -0.15) is 0 Å². The van der Waals surface area contributed by atoms with Gasteiger partial charge in [0.25, 0.3) is 0 Å². The van der Waals surface area contributed by atoms with E-state index in [1.54, 1.807) is 0 Å². The molecule has 0 aromatic rings. The Balaban J connectivity index is 2.13. The van der Waals surface area contributed by atoms with Gasteiger partial charge in [0.15, 0.2) is 19.9 Å². The summed E-state index contributed by atoms with van der Waals surface area (Å²) in [6.45, 7) is 14.7. The van der Waals surface area contributed by atoms with Gasteiger partial charge in [-0.3, -0.25) is 4.79 Å². The molecule has 0 aromatic carbocycles. The van der Waals surface area contributed by atoms with Crippen LogP contribution in [0, 0.1) is 0 Å². The van der Waals surface area contributed by atoms with Crippen LogP contribution in [-0.4, -0.2) is 38.2 Å². The first-order valence-electron chi connectivity index (χ1n) is 6.99. The first kappa shape index (κ1) is 15.2. The van der Waals surface area contributed by atoms with E-state index in [9.17, 15) is 4.79 Å². The third-order valence-corrected chi connectivity index (χ3v) is 8.97. The molecule has 1 saturated carbocycles. The van der Waals surface area contributed by atoms with Gasteiger partial charge in [0.05, 0.1) is 6.10 Å². The van der Waals surface area contributed by atoms with Crippen molar-refractivity contribution in [1.82, 2.24) is 0 Å². The van der Waals surface area contributed by atoms with Crippen LogP contribution in [0.2, 0.25) is 18.1 Å². The van der Waals surface area contributed by atoms with Crippen molar-refractivity contribution in [2.45, 2.75) is 83.3 Å². The Bertz CT molecular complexity index is 383. The highest BCUT2D eigenvalue weighted by molar-refractivity contribution is 6.74. The predicted molar refractivity (Wildman–Crippen MR) is 75.5 cm³/mol. The summed E-state index contributed by atoms with van der Waals surface area (Å²) in [5.41, 5.74) is 0. The fraction of sp³-hybridized carbons (Fsp3) is 0.929. The zero-order valence-corrected chi connectivity index (χ0v) is 14.1. The van der Waals surface area contributed by atoms with Gasteiger partial charge >= 0.3 is 0 Å². The third-order valence-electron chi connectivity index (χ3n) is 4.47. The first-order chi connectivity index (χ1) is 8.43. The Kier molecular flexibility index (Phi) is 3.50. The maximum Gasteiger partial charge on any atom is 0.192 e. The predicted octanol–water partition coefficient (Wildman–Crippen LogP) is 2.87. The van der Waals surface area contributed by atoms with E-state index in [1.165, 1.54) is 0 Å². The van der Waals surface area contributed by atoms with Gasteiger partial charge in [0.1, 0.15) is 12.2 Å². The summed E-state index contributed by atoms with van der Waals surface area (Å²) in [5, 5.41) is 0.128. The Morgan fingerprint density at radius 2 is 1.84 bits per heavy atom. The molecule has 1 heterocycles. The number of carbonyl (C=O) groups excluding carboxylic acids is 1. The standard InChI is InChI=1S/C14H26O4Si/c1-13(2,3)19(6,7)18-10-8-9(15)11-12(10)17-14(4,5)16-11/h10-12H,8H2,1-7H3/t10-,11-,12+/m0/s1. The normalized spacial score (nSPS) is 34.7. The van der Waals surface area contributed by atoms with E-state index >= 15 is 0 Å². The molecule has 110 valence electrons.